The number of benzene rings is 1. The van der Waals surface area contributed by atoms with E-state index in [1.807, 2.05) is 55.4 Å². The highest BCUT2D eigenvalue weighted by Gasteiger charge is 2.53. The standard InChI is InChI=1S/C19H27BF2O4/c1-16(2)17(3,4)24-15(23-16)11-9-14(22)12(10-13(11)21)20-25-18(5,6)19(7,8)26-20/h9-10,15H,1-8H3. The third kappa shape index (κ3) is 2.99. The number of hydrogen-bond donors (Lipinski definition) is 0. The van der Waals surface area contributed by atoms with E-state index in [1.165, 1.54) is 0 Å². The second-order valence-electron chi connectivity index (χ2n) is 9.07. The maximum absolute atomic E-state index is 14.8. The summed E-state index contributed by atoms with van der Waals surface area (Å²) in [6.45, 7) is 14.9. The van der Waals surface area contributed by atoms with Gasteiger partial charge in [0.25, 0.3) is 0 Å². The first-order valence-corrected chi connectivity index (χ1v) is 8.87. The summed E-state index contributed by atoms with van der Waals surface area (Å²) in [6, 6.07) is 2.22. The summed E-state index contributed by atoms with van der Waals surface area (Å²) in [5, 5.41) is 0. The molecular formula is C19H27BF2O4. The molecule has 7 heteroatoms. The van der Waals surface area contributed by atoms with E-state index < -0.39 is 47.4 Å². The zero-order chi connectivity index (χ0) is 19.7. The van der Waals surface area contributed by atoms with E-state index in [1.54, 1.807) is 0 Å². The van der Waals surface area contributed by atoms with Crippen molar-refractivity contribution in [2.24, 2.45) is 0 Å². The molecule has 2 fully saturated rings. The van der Waals surface area contributed by atoms with Crippen LogP contribution in [0.2, 0.25) is 0 Å². The molecule has 2 aliphatic heterocycles. The molecule has 2 aliphatic rings. The molecule has 3 rings (SSSR count). The van der Waals surface area contributed by atoms with Gasteiger partial charge in [-0.05, 0) is 67.5 Å². The minimum atomic E-state index is -0.971. The number of hydrogen-bond acceptors (Lipinski definition) is 4. The highest BCUT2D eigenvalue weighted by atomic mass is 19.1. The molecule has 0 aromatic heterocycles. The SMILES string of the molecule is CC1(C)OB(c2cc(F)c(C3OC(C)(C)C(C)(C)O3)cc2F)OC1(C)C. The number of halogens is 2. The van der Waals surface area contributed by atoms with Gasteiger partial charge in [-0.15, -0.1) is 0 Å². The summed E-state index contributed by atoms with van der Waals surface area (Å²) in [4.78, 5) is 0. The molecule has 0 radical (unpaired) electrons. The summed E-state index contributed by atoms with van der Waals surface area (Å²) in [6.07, 6.45) is -0.971. The molecule has 144 valence electrons. The van der Waals surface area contributed by atoms with Crippen LogP contribution in [0.4, 0.5) is 8.78 Å². The lowest BCUT2D eigenvalue weighted by Gasteiger charge is -2.32. The van der Waals surface area contributed by atoms with Gasteiger partial charge in [0.2, 0.25) is 0 Å². The first-order chi connectivity index (χ1) is 11.7. The van der Waals surface area contributed by atoms with Crippen molar-refractivity contribution < 1.29 is 27.6 Å². The van der Waals surface area contributed by atoms with E-state index in [0.29, 0.717) is 0 Å². The Labute approximate surface area is 154 Å². The van der Waals surface area contributed by atoms with Gasteiger partial charge in [-0.3, -0.25) is 0 Å². The second-order valence-corrected chi connectivity index (χ2v) is 9.07. The van der Waals surface area contributed by atoms with Crippen molar-refractivity contribution in [1.82, 2.24) is 0 Å². The fraction of sp³-hybridized carbons (Fsp3) is 0.684. The smallest absolute Gasteiger partial charge is 0.399 e. The van der Waals surface area contributed by atoms with Crippen molar-refractivity contribution in [1.29, 1.82) is 0 Å². The Balaban J connectivity index is 1.92. The van der Waals surface area contributed by atoms with Gasteiger partial charge in [-0.2, -0.15) is 0 Å². The number of rotatable bonds is 2. The molecule has 0 aliphatic carbocycles. The first kappa shape index (κ1) is 19.7. The van der Waals surface area contributed by atoms with Gasteiger partial charge in [-0.25, -0.2) is 8.78 Å². The molecule has 4 nitrogen and oxygen atoms in total. The summed E-state index contributed by atoms with van der Waals surface area (Å²) < 4.78 is 52.9. The first-order valence-electron chi connectivity index (χ1n) is 8.87. The lowest BCUT2D eigenvalue weighted by atomic mass is 9.78. The lowest BCUT2D eigenvalue weighted by molar-refractivity contribution is -0.0916. The molecule has 2 heterocycles. The van der Waals surface area contributed by atoms with Crippen LogP contribution in [0.1, 0.15) is 67.2 Å². The average Bonchev–Trinajstić information content (AvgIpc) is 2.80. The molecule has 0 spiro atoms. The maximum Gasteiger partial charge on any atom is 0.497 e. The van der Waals surface area contributed by atoms with Gasteiger partial charge < -0.3 is 18.8 Å². The van der Waals surface area contributed by atoms with Crippen molar-refractivity contribution >= 4 is 12.6 Å². The molecule has 0 unspecified atom stereocenters. The van der Waals surface area contributed by atoms with E-state index in [0.717, 1.165) is 12.1 Å². The molecule has 0 N–H and O–H groups in total. The summed E-state index contributed by atoms with van der Waals surface area (Å²) >= 11 is 0. The lowest BCUT2D eigenvalue weighted by Crippen LogP contribution is -2.41. The van der Waals surface area contributed by atoms with Crippen LogP contribution in [0.25, 0.3) is 0 Å². The summed E-state index contributed by atoms with van der Waals surface area (Å²) in [5.41, 5.74) is -2.48. The van der Waals surface area contributed by atoms with E-state index in [-0.39, 0.29) is 11.0 Å². The highest BCUT2D eigenvalue weighted by molar-refractivity contribution is 6.62. The predicted molar refractivity (Wildman–Crippen MR) is 95.1 cm³/mol. The van der Waals surface area contributed by atoms with Crippen LogP contribution >= 0.6 is 0 Å². The molecule has 2 saturated heterocycles. The Morgan fingerprint density at radius 3 is 1.65 bits per heavy atom. The van der Waals surface area contributed by atoms with Gasteiger partial charge >= 0.3 is 7.12 Å². The molecule has 0 atom stereocenters. The van der Waals surface area contributed by atoms with E-state index >= 15 is 0 Å². The monoisotopic (exact) mass is 368 g/mol. The number of ether oxygens (including phenoxy) is 2. The highest BCUT2D eigenvalue weighted by Crippen LogP contribution is 2.45. The van der Waals surface area contributed by atoms with Crippen LogP contribution in [-0.2, 0) is 18.8 Å². The van der Waals surface area contributed by atoms with Gasteiger partial charge in [-0.1, -0.05) is 0 Å². The summed E-state index contributed by atoms with van der Waals surface area (Å²) in [5.74, 6) is -1.23. The Bertz CT molecular complexity index is 637. The summed E-state index contributed by atoms with van der Waals surface area (Å²) in [7, 11) is -0.971. The predicted octanol–water partition coefficient (Wildman–Crippen LogP) is 3.87. The topological polar surface area (TPSA) is 36.9 Å². The molecule has 0 amide bonds. The normalized spacial score (nSPS) is 26.5. The van der Waals surface area contributed by atoms with Gasteiger partial charge in [0, 0.05) is 11.0 Å². The Morgan fingerprint density at radius 1 is 0.731 bits per heavy atom. The fourth-order valence-electron chi connectivity index (χ4n) is 2.88. The zero-order valence-electron chi connectivity index (χ0n) is 16.7. The minimum absolute atomic E-state index is 0.0291. The van der Waals surface area contributed by atoms with Crippen LogP contribution < -0.4 is 5.46 Å². The third-order valence-corrected chi connectivity index (χ3v) is 6.13. The van der Waals surface area contributed by atoms with Crippen LogP contribution in [0.15, 0.2) is 12.1 Å². The van der Waals surface area contributed by atoms with Crippen molar-refractivity contribution in [2.45, 2.75) is 84.1 Å². The largest absolute Gasteiger partial charge is 0.497 e. The molecule has 26 heavy (non-hydrogen) atoms. The van der Waals surface area contributed by atoms with Gasteiger partial charge in [0.1, 0.15) is 11.6 Å². The quantitative estimate of drug-likeness (QED) is 0.743. The van der Waals surface area contributed by atoms with Crippen molar-refractivity contribution in [3.63, 3.8) is 0 Å². The minimum Gasteiger partial charge on any atom is -0.399 e. The van der Waals surface area contributed by atoms with Crippen molar-refractivity contribution in [2.75, 3.05) is 0 Å². The van der Waals surface area contributed by atoms with Crippen molar-refractivity contribution in [3.05, 3.63) is 29.3 Å². The Morgan fingerprint density at radius 2 is 1.19 bits per heavy atom. The Hall–Kier alpha value is -1.02. The van der Waals surface area contributed by atoms with Crippen LogP contribution in [0.5, 0.6) is 0 Å². The van der Waals surface area contributed by atoms with Crippen LogP contribution in [0.3, 0.4) is 0 Å². The molecule has 0 bridgehead atoms. The van der Waals surface area contributed by atoms with Gasteiger partial charge in [0.05, 0.1) is 22.4 Å². The van der Waals surface area contributed by atoms with E-state index in [9.17, 15) is 8.78 Å². The molecular weight excluding hydrogens is 341 g/mol. The fourth-order valence-corrected chi connectivity index (χ4v) is 2.88. The van der Waals surface area contributed by atoms with Crippen LogP contribution in [0, 0.1) is 11.6 Å². The van der Waals surface area contributed by atoms with E-state index in [4.69, 9.17) is 18.8 Å². The van der Waals surface area contributed by atoms with E-state index in [2.05, 4.69) is 0 Å². The third-order valence-electron chi connectivity index (χ3n) is 6.13. The Kier molecular flexibility index (Phi) is 4.36. The molecule has 1 aromatic carbocycles. The molecule has 1 aromatic rings. The van der Waals surface area contributed by atoms with Gasteiger partial charge in [0.15, 0.2) is 6.29 Å². The second kappa shape index (κ2) is 5.74. The van der Waals surface area contributed by atoms with Crippen LogP contribution in [-0.4, -0.2) is 29.5 Å². The maximum atomic E-state index is 14.8. The average molecular weight is 368 g/mol. The zero-order valence-corrected chi connectivity index (χ0v) is 16.7. The molecule has 0 saturated carbocycles. The van der Waals surface area contributed by atoms with Crippen molar-refractivity contribution in [3.8, 4) is 0 Å².